The van der Waals surface area contributed by atoms with Crippen LogP contribution in [0.3, 0.4) is 0 Å². The molecule has 10 heteroatoms. The Morgan fingerprint density at radius 1 is 1.18 bits per heavy atom. The Hall–Kier alpha value is -3.89. The Morgan fingerprint density at radius 3 is 2.88 bits per heavy atom. The van der Waals surface area contributed by atoms with Gasteiger partial charge in [0.1, 0.15) is 17.0 Å². The van der Waals surface area contributed by atoms with Crippen molar-refractivity contribution < 1.29 is 14.3 Å². The van der Waals surface area contributed by atoms with Crippen LogP contribution in [0.2, 0.25) is 0 Å². The second-order valence-corrected chi connectivity index (χ2v) is 7.69. The number of pyridine rings is 2. The van der Waals surface area contributed by atoms with Crippen LogP contribution in [0.25, 0.3) is 28.4 Å². The van der Waals surface area contributed by atoms with E-state index in [2.05, 4.69) is 20.3 Å². The first-order valence-corrected chi connectivity index (χ1v) is 10.6. The molecule has 0 saturated carbocycles. The number of anilines is 1. The van der Waals surface area contributed by atoms with Gasteiger partial charge in [-0.15, -0.1) is 0 Å². The molecule has 4 aromatic heterocycles. The fourth-order valence-electron chi connectivity index (χ4n) is 3.75. The van der Waals surface area contributed by atoms with Crippen molar-refractivity contribution >= 4 is 17.5 Å². The second kappa shape index (κ2) is 8.93. The molecule has 1 saturated heterocycles. The Morgan fingerprint density at radius 2 is 2.09 bits per heavy atom. The Labute approximate surface area is 189 Å². The predicted molar refractivity (Wildman–Crippen MR) is 121 cm³/mol. The van der Waals surface area contributed by atoms with E-state index in [9.17, 15) is 4.79 Å². The van der Waals surface area contributed by atoms with E-state index in [1.54, 1.807) is 30.6 Å². The van der Waals surface area contributed by atoms with Gasteiger partial charge in [-0.25, -0.2) is 15.0 Å². The van der Waals surface area contributed by atoms with Crippen LogP contribution in [0.5, 0.6) is 0 Å². The molecular formula is C23H23N7O3. The van der Waals surface area contributed by atoms with Gasteiger partial charge in [-0.1, -0.05) is 6.07 Å². The molecule has 0 aliphatic carbocycles. The maximum Gasteiger partial charge on any atom is 0.251 e. The molecule has 0 bridgehead atoms. The number of nitrogens with zero attached hydrogens (tertiary/aromatic N) is 5. The molecule has 0 radical (unpaired) electrons. The fourth-order valence-corrected chi connectivity index (χ4v) is 3.75. The number of aryl methyl sites for hydroxylation is 1. The minimum atomic E-state index is -0.210. The Bertz CT molecular complexity index is 1310. The van der Waals surface area contributed by atoms with Crippen molar-refractivity contribution in [2.24, 2.45) is 0 Å². The summed E-state index contributed by atoms with van der Waals surface area (Å²) in [5.74, 6) is -0.0479. The van der Waals surface area contributed by atoms with Crippen LogP contribution in [-0.2, 0) is 9.47 Å². The topological polar surface area (TPSA) is 130 Å². The largest absolute Gasteiger partial charge is 0.376 e. The summed E-state index contributed by atoms with van der Waals surface area (Å²) in [6, 6.07) is 11.0. The monoisotopic (exact) mass is 445 g/mol. The van der Waals surface area contributed by atoms with Crippen molar-refractivity contribution in [1.29, 1.82) is 0 Å². The van der Waals surface area contributed by atoms with Crippen molar-refractivity contribution in [3.05, 3.63) is 60.0 Å². The normalized spacial score (nSPS) is 16.1. The Kier molecular flexibility index (Phi) is 5.68. The number of carbonyl (C=O) groups is 1. The van der Waals surface area contributed by atoms with Gasteiger partial charge < -0.3 is 20.5 Å². The van der Waals surface area contributed by atoms with Gasteiger partial charge in [-0.3, -0.25) is 14.2 Å². The number of fused-ring (bicyclic) bond motifs is 1. The number of ether oxygens (including phenoxy) is 2. The molecule has 1 unspecified atom stereocenters. The number of imidazole rings is 1. The van der Waals surface area contributed by atoms with E-state index >= 15 is 0 Å². The van der Waals surface area contributed by atoms with Crippen LogP contribution in [0, 0.1) is 6.92 Å². The first kappa shape index (κ1) is 21.0. The van der Waals surface area contributed by atoms with E-state index < -0.39 is 0 Å². The number of hydrogen-bond donors (Lipinski definition) is 2. The van der Waals surface area contributed by atoms with Crippen molar-refractivity contribution in [3.8, 4) is 22.8 Å². The number of nitrogens with one attached hydrogen (secondary N) is 1. The highest BCUT2D eigenvalue weighted by atomic mass is 16.6. The van der Waals surface area contributed by atoms with Gasteiger partial charge in [-0.05, 0) is 37.3 Å². The van der Waals surface area contributed by atoms with E-state index in [4.69, 9.17) is 20.2 Å². The fraction of sp³-hybridized carbons (Fsp3) is 0.261. The smallest absolute Gasteiger partial charge is 0.251 e. The summed E-state index contributed by atoms with van der Waals surface area (Å²) in [6.45, 7) is 3.89. The highest BCUT2D eigenvalue weighted by Crippen LogP contribution is 2.31. The van der Waals surface area contributed by atoms with E-state index in [1.807, 2.05) is 29.5 Å². The minimum Gasteiger partial charge on any atom is -0.376 e. The van der Waals surface area contributed by atoms with E-state index in [1.165, 1.54) is 0 Å². The lowest BCUT2D eigenvalue weighted by atomic mass is 10.1. The standard InChI is InChI=1S/C23H23N7O3/c1-14-3-2-4-17(27-14)20-21(18-5-7-25-23(24)28-18)30-8-6-15(11-19(30)29-20)22(31)26-12-16-13-32-9-10-33-16/h2-8,11,16H,9-10,12-13H2,1H3,(H,26,31)(H2,24,25,28). The zero-order valence-electron chi connectivity index (χ0n) is 18.1. The first-order valence-electron chi connectivity index (χ1n) is 10.6. The SMILES string of the molecule is Cc1cccc(-c2nc3cc(C(=O)NCC4COCCO4)ccn3c2-c2ccnc(N)n2)n1. The van der Waals surface area contributed by atoms with Gasteiger partial charge >= 0.3 is 0 Å². The van der Waals surface area contributed by atoms with Crippen molar-refractivity contribution in [3.63, 3.8) is 0 Å². The molecule has 0 aromatic carbocycles. The maximum atomic E-state index is 12.8. The van der Waals surface area contributed by atoms with Gasteiger partial charge in [-0.2, -0.15) is 0 Å². The molecule has 33 heavy (non-hydrogen) atoms. The summed E-state index contributed by atoms with van der Waals surface area (Å²) in [6.07, 6.45) is 3.25. The highest BCUT2D eigenvalue weighted by Gasteiger charge is 2.20. The highest BCUT2D eigenvalue weighted by molar-refractivity contribution is 5.95. The number of aromatic nitrogens is 5. The Balaban J connectivity index is 1.53. The molecule has 168 valence electrons. The molecule has 4 aromatic rings. The number of nitrogens with two attached hydrogens (primary N) is 1. The lowest BCUT2D eigenvalue weighted by molar-refractivity contribution is -0.0855. The van der Waals surface area contributed by atoms with Crippen LogP contribution in [0.4, 0.5) is 5.95 Å². The van der Waals surface area contributed by atoms with Crippen molar-refractivity contribution in [2.75, 3.05) is 32.1 Å². The molecule has 10 nitrogen and oxygen atoms in total. The first-order chi connectivity index (χ1) is 16.1. The van der Waals surface area contributed by atoms with Gasteiger partial charge in [0.25, 0.3) is 5.91 Å². The molecule has 1 atom stereocenters. The number of carbonyl (C=O) groups excluding carboxylic acids is 1. The predicted octanol–water partition coefficient (Wildman–Crippen LogP) is 1.89. The quantitative estimate of drug-likeness (QED) is 0.476. The summed E-state index contributed by atoms with van der Waals surface area (Å²) in [4.78, 5) is 30.6. The van der Waals surface area contributed by atoms with Gasteiger partial charge in [0.2, 0.25) is 5.95 Å². The zero-order valence-corrected chi connectivity index (χ0v) is 18.1. The third kappa shape index (κ3) is 4.38. The number of nitrogen functional groups attached to an aromatic ring is 1. The van der Waals surface area contributed by atoms with Crippen LogP contribution >= 0.6 is 0 Å². The van der Waals surface area contributed by atoms with Gasteiger partial charge in [0.05, 0.1) is 37.3 Å². The maximum absolute atomic E-state index is 12.8. The van der Waals surface area contributed by atoms with Gasteiger partial charge in [0.15, 0.2) is 0 Å². The molecule has 1 amide bonds. The summed E-state index contributed by atoms with van der Waals surface area (Å²) < 4.78 is 12.8. The molecular weight excluding hydrogens is 422 g/mol. The summed E-state index contributed by atoms with van der Waals surface area (Å²) in [5.41, 5.74) is 10.5. The van der Waals surface area contributed by atoms with Crippen LogP contribution in [-0.4, -0.2) is 62.7 Å². The number of hydrogen-bond acceptors (Lipinski definition) is 8. The molecule has 1 aliphatic heterocycles. The molecule has 1 aliphatic rings. The summed E-state index contributed by atoms with van der Waals surface area (Å²) in [7, 11) is 0. The van der Waals surface area contributed by atoms with Crippen LogP contribution < -0.4 is 11.1 Å². The van der Waals surface area contributed by atoms with E-state index in [0.717, 1.165) is 11.4 Å². The third-order valence-electron chi connectivity index (χ3n) is 5.31. The zero-order chi connectivity index (χ0) is 22.8. The lowest BCUT2D eigenvalue weighted by Gasteiger charge is -2.23. The summed E-state index contributed by atoms with van der Waals surface area (Å²) in [5, 5.41) is 2.90. The average molecular weight is 445 g/mol. The number of rotatable bonds is 5. The second-order valence-electron chi connectivity index (χ2n) is 7.69. The van der Waals surface area contributed by atoms with Crippen molar-refractivity contribution in [1.82, 2.24) is 29.7 Å². The minimum absolute atomic E-state index is 0.147. The average Bonchev–Trinajstić information content (AvgIpc) is 3.22. The van der Waals surface area contributed by atoms with E-state index in [0.29, 0.717) is 54.7 Å². The number of amides is 1. The summed E-state index contributed by atoms with van der Waals surface area (Å²) >= 11 is 0. The van der Waals surface area contributed by atoms with Crippen molar-refractivity contribution in [2.45, 2.75) is 13.0 Å². The molecule has 5 rings (SSSR count). The van der Waals surface area contributed by atoms with Crippen LogP contribution in [0.15, 0.2) is 48.8 Å². The lowest BCUT2D eigenvalue weighted by Crippen LogP contribution is -2.39. The molecule has 0 spiro atoms. The van der Waals surface area contributed by atoms with Crippen LogP contribution in [0.1, 0.15) is 16.1 Å². The van der Waals surface area contributed by atoms with Gasteiger partial charge in [0, 0.05) is 30.2 Å². The molecule has 1 fully saturated rings. The molecule has 5 heterocycles. The molecule has 3 N–H and O–H groups in total. The third-order valence-corrected chi connectivity index (χ3v) is 5.31. The van der Waals surface area contributed by atoms with E-state index in [-0.39, 0.29) is 18.0 Å².